The molecule has 0 atom stereocenters. The van der Waals surface area contributed by atoms with Gasteiger partial charge in [0.25, 0.3) is 5.91 Å². The molecule has 0 aliphatic carbocycles. The summed E-state index contributed by atoms with van der Waals surface area (Å²) < 4.78 is 0. The molecule has 0 saturated heterocycles. The highest BCUT2D eigenvalue weighted by Gasteiger charge is 2.12. The second kappa shape index (κ2) is 9.95. The van der Waals surface area contributed by atoms with Crippen LogP contribution in [0.2, 0.25) is 0 Å². The van der Waals surface area contributed by atoms with Crippen molar-refractivity contribution in [2.24, 2.45) is 0 Å². The molecule has 1 amide bonds. The lowest BCUT2D eigenvalue weighted by Gasteiger charge is -2.22. The summed E-state index contributed by atoms with van der Waals surface area (Å²) in [5.74, 6) is 0.714. The zero-order chi connectivity index (χ0) is 19.8. The molecule has 146 valence electrons. The third-order valence-electron chi connectivity index (χ3n) is 4.83. The number of hydrogen-bond acceptors (Lipinski definition) is 4. The van der Waals surface area contributed by atoms with Gasteiger partial charge in [0.2, 0.25) is 0 Å². The summed E-state index contributed by atoms with van der Waals surface area (Å²) in [4.78, 5) is 21.5. The third kappa shape index (κ3) is 5.46. The molecular weight excluding hydrogens is 336 g/mol. The van der Waals surface area contributed by atoms with Crippen LogP contribution in [0, 0.1) is 6.92 Å². The van der Waals surface area contributed by atoms with Gasteiger partial charge in [0.15, 0.2) is 0 Å². The summed E-state index contributed by atoms with van der Waals surface area (Å²) >= 11 is 0. The van der Waals surface area contributed by atoms with E-state index in [0.717, 1.165) is 49.5 Å². The Hall–Kier alpha value is -2.56. The molecule has 2 aromatic rings. The van der Waals surface area contributed by atoms with Crippen LogP contribution >= 0.6 is 0 Å². The van der Waals surface area contributed by atoms with Gasteiger partial charge in [0, 0.05) is 49.8 Å². The average molecular weight is 369 g/mol. The molecule has 5 nitrogen and oxygen atoms in total. The van der Waals surface area contributed by atoms with Gasteiger partial charge in [-0.15, -0.1) is 0 Å². The van der Waals surface area contributed by atoms with Gasteiger partial charge >= 0.3 is 0 Å². The number of aryl methyl sites for hydroxylation is 1. The maximum Gasteiger partial charge on any atom is 0.255 e. The molecule has 0 aliphatic heterocycles. The number of hydrogen-bond donors (Lipinski definition) is 1. The summed E-state index contributed by atoms with van der Waals surface area (Å²) in [5.41, 5.74) is 3.70. The van der Waals surface area contributed by atoms with Crippen LogP contribution in [0.5, 0.6) is 0 Å². The molecule has 0 bridgehead atoms. The SMILES string of the molecule is CCCCN(C)c1cc(C(=O)Nc2ccc(N(CC)CC)cc2C)ccn1. The lowest BCUT2D eigenvalue weighted by molar-refractivity contribution is 0.102. The summed E-state index contributed by atoms with van der Waals surface area (Å²) in [6, 6.07) is 9.78. The maximum atomic E-state index is 12.7. The van der Waals surface area contributed by atoms with Gasteiger partial charge in [-0.3, -0.25) is 4.79 Å². The summed E-state index contributed by atoms with van der Waals surface area (Å²) in [6.07, 6.45) is 3.93. The first kappa shape index (κ1) is 20.7. The monoisotopic (exact) mass is 368 g/mol. The minimum Gasteiger partial charge on any atom is -0.372 e. The minimum atomic E-state index is -0.110. The Balaban J connectivity index is 2.13. The van der Waals surface area contributed by atoms with Crippen LogP contribution < -0.4 is 15.1 Å². The normalized spacial score (nSPS) is 10.6. The van der Waals surface area contributed by atoms with Crippen LogP contribution in [0.3, 0.4) is 0 Å². The van der Waals surface area contributed by atoms with Gasteiger partial charge in [-0.25, -0.2) is 4.98 Å². The third-order valence-corrected chi connectivity index (χ3v) is 4.83. The van der Waals surface area contributed by atoms with Gasteiger partial charge in [-0.05, 0) is 63.1 Å². The molecule has 1 aromatic carbocycles. The zero-order valence-corrected chi connectivity index (χ0v) is 17.2. The first-order chi connectivity index (χ1) is 13.0. The van der Waals surface area contributed by atoms with Crippen molar-refractivity contribution in [1.29, 1.82) is 0 Å². The molecule has 0 aliphatic rings. The van der Waals surface area contributed by atoms with E-state index in [9.17, 15) is 4.79 Å². The molecular formula is C22H32N4O. The largest absolute Gasteiger partial charge is 0.372 e. The number of anilines is 3. The number of carbonyl (C=O) groups excluding carboxylic acids is 1. The van der Waals surface area contributed by atoms with Crippen LogP contribution in [0.15, 0.2) is 36.5 Å². The maximum absolute atomic E-state index is 12.7. The fraction of sp³-hybridized carbons (Fsp3) is 0.455. The van der Waals surface area contributed by atoms with Crippen LogP contribution in [0.25, 0.3) is 0 Å². The zero-order valence-electron chi connectivity index (χ0n) is 17.2. The number of benzene rings is 1. The Morgan fingerprint density at radius 3 is 2.48 bits per heavy atom. The number of nitrogens with zero attached hydrogens (tertiary/aromatic N) is 3. The number of unbranched alkanes of at least 4 members (excludes halogenated alkanes) is 1. The average Bonchev–Trinajstić information content (AvgIpc) is 2.69. The first-order valence-corrected chi connectivity index (χ1v) is 9.84. The number of carbonyl (C=O) groups is 1. The fourth-order valence-electron chi connectivity index (χ4n) is 3.05. The molecule has 27 heavy (non-hydrogen) atoms. The number of nitrogens with one attached hydrogen (secondary N) is 1. The Kier molecular flexibility index (Phi) is 7.65. The number of rotatable bonds is 9. The van der Waals surface area contributed by atoms with Crippen molar-refractivity contribution in [2.75, 3.05) is 41.8 Å². The Morgan fingerprint density at radius 2 is 1.85 bits per heavy atom. The van der Waals surface area contributed by atoms with E-state index >= 15 is 0 Å². The van der Waals surface area contributed by atoms with E-state index in [1.165, 1.54) is 5.69 Å². The molecule has 0 saturated carbocycles. The van der Waals surface area contributed by atoms with Crippen molar-refractivity contribution in [3.63, 3.8) is 0 Å². The molecule has 0 fully saturated rings. The Labute approximate surface area is 163 Å². The van der Waals surface area contributed by atoms with E-state index < -0.39 is 0 Å². The Morgan fingerprint density at radius 1 is 1.11 bits per heavy atom. The van der Waals surface area contributed by atoms with Crippen LogP contribution in [-0.2, 0) is 0 Å². The molecule has 5 heteroatoms. The van der Waals surface area contributed by atoms with Gasteiger partial charge in [-0.2, -0.15) is 0 Å². The van der Waals surface area contributed by atoms with Crippen molar-refractivity contribution in [2.45, 2.75) is 40.5 Å². The second-order valence-electron chi connectivity index (χ2n) is 6.80. The topological polar surface area (TPSA) is 48.5 Å². The van der Waals surface area contributed by atoms with Gasteiger partial charge < -0.3 is 15.1 Å². The predicted octanol–water partition coefficient (Wildman–Crippen LogP) is 4.72. The fourth-order valence-corrected chi connectivity index (χ4v) is 3.05. The summed E-state index contributed by atoms with van der Waals surface area (Å²) in [7, 11) is 2.01. The first-order valence-electron chi connectivity index (χ1n) is 9.84. The molecule has 0 spiro atoms. The quantitative estimate of drug-likeness (QED) is 0.695. The van der Waals surface area contributed by atoms with Crippen molar-refractivity contribution >= 4 is 23.1 Å². The van der Waals surface area contributed by atoms with Gasteiger partial charge in [0.1, 0.15) is 5.82 Å². The van der Waals surface area contributed by atoms with Crippen molar-refractivity contribution in [3.05, 3.63) is 47.7 Å². The van der Waals surface area contributed by atoms with E-state index in [0.29, 0.717) is 5.56 Å². The van der Waals surface area contributed by atoms with Crippen molar-refractivity contribution in [3.8, 4) is 0 Å². The van der Waals surface area contributed by atoms with E-state index in [2.05, 4.69) is 53.0 Å². The number of aromatic nitrogens is 1. The van der Waals surface area contributed by atoms with Crippen LogP contribution in [0.1, 0.15) is 49.5 Å². The standard InChI is InChI=1S/C22H32N4O/c1-6-9-14-25(5)21-16-18(12-13-23-21)22(27)24-20-11-10-19(15-17(20)4)26(7-2)8-3/h10-13,15-16H,6-9,14H2,1-5H3,(H,24,27). The lowest BCUT2D eigenvalue weighted by atomic mass is 10.1. The molecule has 0 unspecified atom stereocenters. The Bertz CT molecular complexity index is 756. The van der Waals surface area contributed by atoms with Crippen LogP contribution in [0.4, 0.5) is 17.2 Å². The van der Waals surface area contributed by atoms with E-state index in [4.69, 9.17) is 0 Å². The molecule has 1 N–H and O–H groups in total. The van der Waals surface area contributed by atoms with Gasteiger partial charge in [0.05, 0.1) is 0 Å². The molecule has 0 radical (unpaired) electrons. The lowest BCUT2D eigenvalue weighted by Crippen LogP contribution is -2.22. The highest BCUT2D eigenvalue weighted by Crippen LogP contribution is 2.23. The van der Waals surface area contributed by atoms with Crippen LogP contribution in [-0.4, -0.2) is 37.6 Å². The molecule has 1 aromatic heterocycles. The number of amides is 1. The van der Waals surface area contributed by atoms with E-state index in [1.807, 2.05) is 26.1 Å². The van der Waals surface area contributed by atoms with Gasteiger partial charge in [-0.1, -0.05) is 13.3 Å². The molecule has 1 heterocycles. The predicted molar refractivity (Wildman–Crippen MR) is 115 cm³/mol. The second-order valence-corrected chi connectivity index (χ2v) is 6.80. The van der Waals surface area contributed by atoms with E-state index in [-0.39, 0.29) is 5.91 Å². The molecule has 2 rings (SSSR count). The van der Waals surface area contributed by atoms with E-state index in [1.54, 1.807) is 12.3 Å². The highest BCUT2D eigenvalue weighted by atomic mass is 16.1. The summed E-state index contributed by atoms with van der Waals surface area (Å²) in [5, 5.41) is 3.03. The minimum absolute atomic E-state index is 0.110. The summed E-state index contributed by atoms with van der Waals surface area (Å²) in [6.45, 7) is 11.3. The van der Waals surface area contributed by atoms with Crippen molar-refractivity contribution in [1.82, 2.24) is 4.98 Å². The smallest absolute Gasteiger partial charge is 0.255 e. The highest BCUT2D eigenvalue weighted by molar-refractivity contribution is 6.05. The van der Waals surface area contributed by atoms with Crippen molar-refractivity contribution < 1.29 is 4.79 Å². The number of pyridine rings is 1.